The van der Waals surface area contributed by atoms with Gasteiger partial charge in [0, 0.05) is 37.9 Å². The molecule has 0 radical (unpaired) electrons. The van der Waals surface area contributed by atoms with E-state index in [1.54, 1.807) is 37.4 Å². The Morgan fingerprint density at radius 1 is 1.10 bits per heavy atom. The second kappa shape index (κ2) is 8.87. The van der Waals surface area contributed by atoms with E-state index in [4.69, 9.17) is 11.6 Å². The lowest BCUT2D eigenvalue weighted by molar-refractivity contribution is 0.101. The van der Waals surface area contributed by atoms with Gasteiger partial charge in [-0.2, -0.15) is 5.10 Å². The summed E-state index contributed by atoms with van der Waals surface area (Å²) in [6.07, 6.45) is 1.59. The van der Waals surface area contributed by atoms with Crippen LogP contribution in [0.3, 0.4) is 0 Å². The monoisotopic (exact) mass is 438 g/mol. The average molecular weight is 439 g/mol. The minimum atomic E-state index is -0.597. The van der Waals surface area contributed by atoms with Crippen LogP contribution in [-0.2, 0) is 0 Å². The normalized spacial score (nSPS) is 14.5. The highest BCUT2D eigenvalue weighted by molar-refractivity contribution is 6.32. The fourth-order valence-electron chi connectivity index (χ4n) is 3.44. The van der Waals surface area contributed by atoms with Crippen molar-refractivity contribution in [3.05, 3.63) is 75.3 Å². The van der Waals surface area contributed by atoms with Crippen LogP contribution in [0.15, 0.2) is 53.5 Å². The molecule has 1 aliphatic rings. The number of hydrogen-bond donors (Lipinski definition) is 1. The first-order chi connectivity index (χ1) is 14.9. The molecule has 4 rings (SSSR count). The summed E-state index contributed by atoms with van der Waals surface area (Å²) >= 11 is 6.26. The van der Waals surface area contributed by atoms with E-state index in [-0.39, 0.29) is 5.69 Å². The Morgan fingerprint density at radius 2 is 1.84 bits per heavy atom. The summed E-state index contributed by atoms with van der Waals surface area (Å²) in [6.45, 7) is 5.52. The molecular formula is C22H23ClN6O2. The zero-order valence-electron chi connectivity index (χ0n) is 17.4. The molecule has 2 aromatic heterocycles. The van der Waals surface area contributed by atoms with Gasteiger partial charge in [-0.05, 0) is 38.2 Å². The number of likely N-dealkylation sites (N-methyl/N-ethyl adjacent to an activating group) is 1. The smallest absolute Gasteiger partial charge is 0.280 e. The summed E-state index contributed by atoms with van der Waals surface area (Å²) in [5.41, 5.74) is 0.990. The predicted molar refractivity (Wildman–Crippen MR) is 121 cm³/mol. The average Bonchev–Trinajstić information content (AvgIpc) is 2.76. The van der Waals surface area contributed by atoms with Crippen molar-refractivity contribution in [2.45, 2.75) is 6.92 Å². The van der Waals surface area contributed by atoms with Crippen LogP contribution >= 0.6 is 11.6 Å². The largest absolute Gasteiger partial charge is 0.354 e. The van der Waals surface area contributed by atoms with Crippen LogP contribution in [0.4, 0.5) is 11.5 Å². The molecule has 1 fully saturated rings. The number of para-hydroxylation sites is 1. The number of anilines is 2. The van der Waals surface area contributed by atoms with Gasteiger partial charge >= 0.3 is 0 Å². The van der Waals surface area contributed by atoms with Gasteiger partial charge < -0.3 is 15.1 Å². The molecule has 0 unspecified atom stereocenters. The Hall–Kier alpha value is -3.23. The third-order valence-corrected chi connectivity index (χ3v) is 5.56. The Labute approximate surface area is 185 Å². The SMILES string of the molecule is Cc1cc(=O)c(C(=O)Nc2ccc(N3CCN(C)CC3)nc2)nn1-c1ccccc1Cl. The van der Waals surface area contributed by atoms with Crippen molar-refractivity contribution < 1.29 is 4.79 Å². The maximum Gasteiger partial charge on any atom is 0.280 e. The molecule has 0 bridgehead atoms. The van der Waals surface area contributed by atoms with Crippen molar-refractivity contribution in [3.63, 3.8) is 0 Å². The van der Waals surface area contributed by atoms with E-state index in [1.165, 1.54) is 10.7 Å². The number of pyridine rings is 1. The summed E-state index contributed by atoms with van der Waals surface area (Å²) < 4.78 is 1.49. The number of nitrogens with zero attached hydrogens (tertiary/aromatic N) is 5. The Kier molecular flexibility index (Phi) is 6.01. The highest BCUT2D eigenvalue weighted by Gasteiger charge is 2.18. The van der Waals surface area contributed by atoms with Crippen LogP contribution in [0.5, 0.6) is 0 Å². The highest BCUT2D eigenvalue weighted by atomic mass is 35.5. The van der Waals surface area contributed by atoms with E-state index in [0.717, 1.165) is 32.0 Å². The second-order valence-corrected chi connectivity index (χ2v) is 7.92. The van der Waals surface area contributed by atoms with Crippen molar-refractivity contribution in [2.24, 2.45) is 0 Å². The fraction of sp³-hybridized carbons (Fsp3) is 0.273. The number of benzene rings is 1. The number of carbonyl (C=O) groups excluding carboxylic acids is 1. The summed E-state index contributed by atoms with van der Waals surface area (Å²) in [7, 11) is 2.10. The summed E-state index contributed by atoms with van der Waals surface area (Å²) in [6, 6.07) is 12.1. The minimum Gasteiger partial charge on any atom is -0.354 e. The maximum atomic E-state index is 12.8. The van der Waals surface area contributed by atoms with Crippen LogP contribution in [0.25, 0.3) is 5.69 Å². The van der Waals surface area contributed by atoms with Gasteiger partial charge in [-0.1, -0.05) is 23.7 Å². The number of piperazine rings is 1. The van der Waals surface area contributed by atoms with Crippen molar-refractivity contribution in [1.82, 2.24) is 19.7 Å². The van der Waals surface area contributed by atoms with E-state index < -0.39 is 11.3 Å². The predicted octanol–water partition coefficient (Wildman–Crippen LogP) is 2.59. The molecule has 160 valence electrons. The molecule has 0 aliphatic carbocycles. The number of rotatable bonds is 4. The number of halogens is 1. The van der Waals surface area contributed by atoms with Gasteiger partial charge in [-0.25, -0.2) is 9.67 Å². The summed E-state index contributed by atoms with van der Waals surface area (Å²) in [5, 5.41) is 7.45. The Balaban J connectivity index is 1.54. The van der Waals surface area contributed by atoms with E-state index in [2.05, 4.69) is 32.2 Å². The summed E-state index contributed by atoms with van der Waals surface area (Å²) in [4.78, 5) is 34.1. The van der Waals surface area contributed by atoms with Crippen molar-refractivity contribution >= 4 is 29.0 Å². The molecule has 0 saturated carbocycles. The van der Waals surface area contributed by atoms with E-state index in [1.807, 2.05) is 12.1 Å². The lowest BCUT2D eigenvalue weighted by Crippen LogP contribution is -2.44. The van der Waals surface area contributed by atoms with Gasteiger partial charge in [0.15, 0.2) is 5.69 Å². The zero-order chi connectivity index (χ0) is 22.0. The Morgan fingerprint density at radius 3 is 2.52 bits per heavy atom. The molecule has 1 amide bonds. The molecule has 3 heterocycles. The third-order valence-electron chi connectivity index (χ3n) is 5.24. The summed E-state index contributed by atoms with van der Waals surface area (Å²) in [5.74, 6) is 0.264. The van der Waals surface area contributed by atoms with Crippen LogP contribution in [0, 0.1) is 6.92 Å². The van der Waals surface area contributed by atoms with Crippen molar-refractivity contribution in [3.8, 4) is 5.69 Å². The number of carbonyl (C=O) groups is 1. The quantitative estimate of drug-likeness (QED) is 0.674. The molecule has 0 spiro atoms. The first kappa shape index (κ1) is 21.0. The third kappa shape index (κ3) is 4.60. The molecule has 0 atom stereocenters. The fourth-order valence-corrected chi connectivity index (χ4v) is 3.66. The molecule has 3 aromatic rings. The molecule has 1 saturated heterocycles. The van der Waals surface area contributed by atoms with E-state index in [9.17, 15) is 9.59 Å². The van der Waals surface area contributed by atoms with Crippen LogP contribution in [-0.4, -0.2) is 58.8 Å². The highest BCUT2D eigenvalue weighted by Crippen LogP contribution is 2.20. The maximum absolute atomic E-state index is 12.8. The van der Waals surface area contributed by atoms with Gasteiger partial charge in [0.2, 0.25) is 5.43 Å². The number of hydrogen-bond acceptors (Lipinski definition) is 6. The molecule has 1 aromatic carbocycles. The molecule has 8 nitrogen and oxygen atoms in total. The first-order valence-electron chi connectivity index (χ1n) is 9.99. The standard InChI is InChI=1S/C22H23ClN6O2/c1-15-13-19(30)21(26-29(15)18-6-4-3-5-17(18)23)22(31)25-16-7-8-20(24-14-16)28-11-9-27(2)10-12-28/h3-8,13-14H,9-12H2,1-2H3,(H,25,31). The number of aryl methyl sites for hydroxylation is 1. The Bertz CT molecular complexity index is 1150. The molecule has 9 heteroatoms. The van der Waals surface area contributed by atoms with E-state index in [0.29, 0.717) is 22.1 Å². The van der Waals surface area contributed by atoms with Gasteiger partial charge in [0.05, 0.1) is 22.6 Å². The lowest BCUT2D eigenvalue weighted by Gasteiger charge is -2.33. The molecular weight excluding hydrogens is 416 g/mol. The molecule has 31 heavy (non-hydrogen) atoms. The van der Waals surface area contributed by atoms with Crippen LogP contribution in [0.1, 0.15) is 16.2 Å². The van der Waals surface area contributed by atoms with Crippen molar-refractivity contribution in [1.29, 1.82) is 0 Å². The number of nitrogens with one attached hydrogen (secondary N) is 1. The van der Waals surface area contributed by atoms with Crippen LogP contribution < -0.4 is 15.6 Å². The van der Waals surface area contributed by atoms with E-state index >= 15 is 0 Å². The van der Waals surface area contributed by atoms with Crippen molar-refractivity contribution in [2.75, 3.05) is 43.4 Å². The topological polar surface area (TPSA) is 83.4 Å². The first-order valence-corrected chi connectivity index (χ1v) is 10.4. The van der Waals surface area contributed by atoms with Gasteiger partial charge in [-0.15, -0.1) is 0 Å². The van der Waals surface area contributed by atoms with Gasteiger partial charge in [0.1, 0.15) is 5.82 Å². The molecule has 1 aliphatic heterocycles. The van der Waals surface area contributed by atoms with Gasteiger partial charge in [-0.3, -0.25) is 9.59 Å². The lowest BCUT2D eigenvalue weighted by atomic mass is 10.2. The minimum absolute atomic E-state index is 0.214. The second-order valence-electron chi connectivity index (χ2n) is 7.51. The zero-order valence-corrected chi connectivity index (χ0v) is 18.1. The van der Waals surface area contributed by atoms with Gasteiger partial charge in [0.25, 0.3) is 5.91 Å². The number of aromatic nitrogens is 3. The molecule has 1 N–H and O–H groups in total. The van der Waals surface area contributed by atoms with Crippen LogP contribution in [0.2, 0.25) is 5.02 Å². The number of amides is 1.